The molecule has 1 aromatic heterocycles. The molecular formula is C11H16IN3O. The number of methoxy groups -OCH3 is 1. The van der Waals surface area contributed by atoms with E-state index in [2.05, 4.69) is 44.8 Å². The van der Waals surface area contributed by atoms with Gasteiger partial charge in [-0.25, -0.2) is 9.97 Å². The van der Waals surface area contributed by atoms with E-state index in [1.807, 2.05) is 0 Å². The quantitative estimate of drug-likeness (QED) is 0.842. The van der Waals surface area contributed by atoms with E-state index in [1.165, 1.54) is 12.8 Å². The minimum Gasteiger partial charge on any atom is -0.378 e. The van der Waals surface area contributed by atoms with Crippen molar-refractivity contribution in [2.75, 3.05) is 19.0 Å². The molecule has 0 spiro atoms. The first-order valence-electron chi connectivity index (χ1n) is 5.55. The van der Waals surface area contributed by atoms with Crippen LogP contribution in [0.3, 0.4) is 0 Å². The zero-order valence-corrected chi connectivity index (χ0v) is 11.7. The average Bonchev–Trinajstić information content (AvgIpc) is 3.08. The van der Waals surface area contributed by atoms with Gasteiger partial charge in [-0.1, -0.05) is 0 Å². The Morgan fingerprint density at radius 1 is 1.44 bits per heavy atom. The highest BCUT2D eigenvalue weighted by atomic mass is 127. The standard InChI is InChI=1S/C11H16IN3O/c1-3-13-11-9(12)8(6-16-2)14-10(15-11)7-4-5-7/h7H,3-6H2,1-2H3,(H,13,14,15). The Morgan fingerprint density at radius 3 is 2.75 bits per heavy atom. The molecule has 1 fully saturated rings. The monoisotopic (exact) mass is 333 g/mol. The largest absolute Gasteiger partial charge is 0.378 e. The molecule has 16 heavy (non-hydrogen) atoms. The van der Waals surface area contributed by atoms with Gasteiger partial charge in [-0.3, -0.25) is 0 Å². The summed E-state index contributed by atoms with van der Waals surface area (Å²) in [6.45, 7) is 3.51. The normalized spacial score (nSPS) is 15.2. The van der Waals surface area contributed by atoms with E-state index in [9.17, 15) is 0 Å². The van der Waals surface area contributed by atoms with Gasteiger partial charge in [0.25, 0.3) is 0 Å². The molecule has 2 rings (SSSR count). The molecule has 0 unspecified atom stereocenters. The maximum Gasteiger partial charge on any atom is 0.143 e. The third-order valence-electron chi connectivity index (χ3n) is 2.50. The van der Waals surface area contributed by atoms with Crippen molar-refractivity contribution >= 4 is 28.4 Å². The highest BCUT2D eigenvalue weighted by Gasteiger charge is 2.28. The zero-order chi connectivity index (χ0) is 11.5. The Kier molecular flexibility index (Phi) is 3.96. The fourth-order valence-corrected chi connectivity index (χ4v) is 2.14. The molecule has 0 aromatic carbocycles. The lowest BCUT2D eigenvalue weighted by Gasteiger charge is -2.11. The maximum atomic E-state index is 5.17. The van der Waals surface area contributed by atoms with Gasteiger partial charge >= 0.3 is 0 Å². The van der Waals surface area contributed by atoms with Crippen molar-refractivity contribution in [1.29, 1.82) is 0 Å². The van der Waals surface area contributed by atoms with Gasteiger partial charge < -0.3 is 10.1 Å². The molecule has 1 N–H and O–H groups in total. The number of nitrogens with zero attached hydrogens (tertiary/aromatic N) is 2. The summed E-state index contributed by atoms with van der Waals surface area (Å²) < 4.78 is 6.25. The topological polar surface area (TPSA) is 47.0 Å². The molecule has 1 aromatic rings. The molecule has 5 heteroatoms. The maximum absolute atomic E-state index is 5.17. The first-order valence-corrected chi connectivity index (χ1v) is 6.63. The van der Waals surface area contributed by atoms with Crippen molar-refractivity contribution in [2.24, 2.45) is 0 Å². The summed E-state index contributed by atoms with van der Waals surface area (Å²) in [6.07, 6.45) is 2.44. The van der Waals surface area contributed by atoms with Gasteiger partial charge in [-0.05, 0) is 42.4 Å². The Morgan fingerprint density at radius 2 is 2.19 bits per heavy atom. The highest BCUT2D eigenvalue weighted by Crippen LogP contribution is 2.39. The first-order chi connectivity index (χ1) is 7.76. The summed E-state index contributed by atoms with van der Waals surface area (Å²) in [6, 6.07) is 0. The van der Waals surface area contributed by atoms with Crippen molar-refractivity contribution in [3.05, 3.63) is 15.1 Å². The molecule has 0 radical (unpaired) electrons. The van der Waals surface area contributed by atoms with E-state index >= 15 is 0 Å². The molecule has 0 bridgehead atoms. The van der Waals surface area contributed by atoms with Crippen molar-refractivity contribution < 1.29 is 4.74 Å². The van der Waals surface area contributed by atoms with E-state index in [4.69, 9.17) is 4.74 Å². The van der Waals surface area contributed by atoms with Gasteiger partial charge in [0.1, 0.15) is 11.6 Å². The van der Waals surface area contributed by atoms with Gasteiger partial charge in [0.2, 0.25) is 0 Å². The predicted octanol–water partition coefficient (Wildman–Crippen LogP) is 2.54. The third-order valence-corrected chi connectivity index (χ3v) is 3.64. The van der Waals surface area contributed by atoms with Gasteiger partial charge in [-0.15, -0.1) is 0 Å². The van der Waals surface area contributed by atoms with Crippen LogP contribution in [-0.4, -0.2) is 23.6 Å². The van der Waals surface area contributed by atoms with E-state index in [-0.39, 0.29) is 0 Å². The van der Waals surface area contributed by atoms with Gasteiger partial charge in [0.15, 0.2) is 0 Å². The fourth-order valence-electron chi connectivity index (χ4n) is 1.55. The minimum atomic E-state index is 0.554. The Balaban J connectivity index is 2.34. The lowest BCUT2D eigenvalue weighted by molar-refractivity contribution is 0.180. The van der Waals surface area contributed by atoms with E-state index in [0.717, 1.165) is 27.5 Å². The highest BCUT2D eigenvalue weighted by molar-refractivity contribution is 14.1. The number of nitrogens with one attached hydrogen (secondary N) is 1. The van der Waals surface area contributed by atoms with Crippen LogP contribution in [0.5, 0.6) is 0 Å². The Labute approximate surface area is 109 Å². The summed E-state index contributed by atoms with van der Waals surface area (Å²) in [4.78, 5) is 9.16. The minimum absolute atomic E-state index is 0.554. The van der Waals surface area contributed by atoms with Crippen LogP contribution in [0.2, 0.25) is 0 Å². The molecule has 1 saturated carbocycles. The summed E-state index contributed by atoms with van der Waals surface area (Å²) in [5.41, 5.74) is 0.996. The van der Waals surface area contributed by atoms with Gasteiger partial charge in [0, 0.05) is 19.6 Å². The molecule has 1 aliphatic rings. The number of hydrogen-bond acceptors (Lipinski definition) is 4. The van der Waals surface area contributed by atoms with Crippen LogP contribution in [0.1, 0.15) is 37.2 Å². The molecular weight excluding hydrogens is 317 g/mol. The lowest BCUT2D eigenvalue weighted by atomic mass is 10.3. The third kappa shape index (κ3) is 2.63. The second kappa shape index (κ2) is 5.27. The summed E-state index contributed by atoms with van der Waals surface area (Å²) in [5.74, 6) is 2.50. The average molecular weight is 333 g/mol. The van der Waals surface area contributed by atoms with Crippen LogP contribution >= 0.6 is 22.6 Å². The number of anilines is 1. The number of rotatable bonds is 5. The lowest BCUT2D eigenvalue weighted by Crippen LogP contribution is -2.09. The first kappa shape index (κ1) is 12.0. The van der Waals surface area contributed by atoms with Crippen LogP contribution in [0.15, 0.2) is 0 Å². The van der Waals surface area contributed by atoms with Crippen LogP contribution in [-0.2, 0) is 11.3 Å². The van der Waals surface area contributed by atoms with Crippen molar-refractivity contribution in [1.82, 2.24) is 9.97 Å². The van der Waals surface area contributed by atoms with Crippen LogP contribution in [0.25, 0.3) is 0 Å². The van der Waals surface area contributed by atoms with E-state index < -0.39 is 0 Å². The van der Waals surface area contributed by atoms with E-state index in [1.54, 1.807) is 7.11 Å². The van der Waals surface area contributed by atoms with Gasteiger partial charge in [0.05, 0.1) is 15.9 Å². The van der Waals surface area contributed by atoms with Crippen LogP contribution in [0, 0.1) is 3.57 Å². The summed E-state index contributed by atoms with van der Waals surface area (Å²) >= 11 is 2.28. The number of hydrogen-bond donors (Lipinski definition) is 1. The molecule has 0 atom stereocenters. The predicted molar refractivity (Wildman–Crippen MR) is 71.6 cm³/mol. The van der Waals surface area contributed by atoms with Crippen LogP contribution in [0.4, 0.5) is 5.82 Å². The van der Waals surface area contributed by atoms with Crippen LogP contribution < -0.4 is 5.32 Å². The molecule has 1 aliphatic carbocycles. The number of halogens is 1. The molecule has 0 aliphatic heterocycles. The Hall–Kier alpha value is -0.430. The van der Waals surface area contributed by atoms with E-state index in [0.29, 0.717) is 12.5 Å². The molecule has 0 saturated heterocycles. The van der Waals surface area contributed by atoms with Crippen molar-refractivity contribution in [3.63, 3.8) is 0 Å². The summed E-state index contributed by atoms with van der Waals surface area (Å²) in [5, 5.41) is 3.28. The zero-order valence-electron chi connectivity index (χ0n) is 9.59. The second-order valence-corrected chi connectivity index (χ2v) is 5.01. The number of aromatic nitrogens is 2. The molecule has 1 heterocycles. The van der Waals surface area contributed by atoms with Gasteiger partial charge in [-0.2, -0.15) is 0 Å². The fraction of sp³-hybridized carbons (Fsp3) is 0.636. The Bertz CT molecular complexity index is 352. The number of ether oxygens (including phenoxy) is 1. The second-order valence-electron chi connectivity index (χ2n) is 3.93. The molecule has 4 nitrogen and oxygen atoms in total. The van der Waals surface area contributed by atoms with Crippen molar-refractivity contribution in [2.45, 2.75) is 32.3 Å². The summed E-state index contributed by atoms with van der Waals surface area (Å²) in [7, 11) is 1.70. The molecule has 0 amide bonds. The smallest absolute Gasteiger partial charge is 0.143 e. The SMILES string of the molecule is CCNc1nc(C2CC2)nc(COC)c1I. The van der Waals surface area contributed by atoms with Crippen molar-refractivity contribution in [3.8, 4) is 0 Å². The molecule has 88 valence electrons.